The van der Waals surface area contributed by atoms with Crippen LogP contribution in [0.5, 0.6) is 5.75 Å². The Morgan fingerprint density at radius 3 is 2.31 bits per heavy atom. The molecular weight excluding hydrogens is 553 g/mol. The summed E-state index contributed by atoms with van der Waals surface area (Å²) in [4.78, 5) is 25.2. The number of nitrogens with zero attached hydrogens (tertiary/aromatic N) is 1. The summed E-state index contributed by atoms with van der Waals surface area (Å²) in [7, 11) is 0. The monoisotopic (exact) mass is 575 g/mol. The molecule has 2 amide bonds. The largest absolute Gasteiger partial charge is 0.489 e. The number of nitrogens with one attached hydrogen (secondary N) is 2. The lowest BCUT2D eigenvalue weighted by Gasteiger charge is -2.20. The molecule has 1 unspecified atom stereocenters. The molecule has 2 N–H and O–H groups in total. The molecular formula is C26H24BrCl2N3O3. The normalized spacial score (nSPS) is 11.9. The van der Waals surface area contributed by atoms with Crippen molar-refractivity contribution in [1.82, 2.24) is 10.7 Å². The van der Waals surface area contributed by atoms with Crippen LogP contribution >= 0.6 is 39.1 Å². The van der Waals surface area contributed by atoms with Gasteiger partial charge in [0.15, 0.2) is 0 Å². The van der Waals surface area contributed by atoms with E-state index in [0.717, 1.165) is 21.3 Å². The second kappa shape index (κ2) is 12.7. The third-order valence-electron chi connectivity index (χ3n) is 5.00. The van der Waals surface area contributed by atoms with Crippen LogP contribution in [0.4, 0.5) is 0 Å². The van der Waals surface area contributed by atoms with Gasteiger partial charge in [-0.25, -0.2) is 5.43 Å². The maximum Gasteiger partial charge on any atom is 0.262 e. The molecule has 1 atom stereocenters. The highest BCUT2D eigenvalue weighted by Gasteiger charge is 2.24. The lowest BCUT2D eigenvalue weighted by atomic mass is 10.0. The van der Waals surface area contributed by atoms with Crippen molar-refractivity contribution in [3.8, 4) is 5.75 Å². The highest BCUT2D eigenvalue weighted by molar-refractivity contribution is 9.10. The SMILES string of the molecule is CC(C)C(NC(=O)c1ccc(Cl)c(Cl)c1)C(=O)NN=Cc1ccc(OCc2ccc(Br)cc2)cc1. The maximum absolute atomic E-state index is 12.6. The van der Waals surface area contributed by atoms with Crippen molar-refractivity contribution < 1.29 is 14.3 Å². The number of carbonyl (C=O) groups excluding carboxylic acids is 2. The molecule has 0 bridgehead atoms. The van der Waals surface area contributed by atoms with Crippen LogP contribution in [-0.2, 0) is 11.4 Å². The van der Waals surface area contributed by atoms with Crippen LogP contribution in [0.15, 0.2) is 76.3 Å². The standard InChI is InChI=1S/C26H24BrCl2N3O3/c1-16(2)24(31-25(33)19-7-12-22(28)23(29)13-19)26(34)32-30-14-17-5-10-21(11-6-17)35-15-18-3-8-20(27)9-4-18/h3-14,16,24H,15H2,1-2H3,(H,31,33)(H,32,34). The van der Waals surface area contributed by atoms with Gasteiger partial charge in [0.2, 0.25) is 0 Å². The Kier molecular flexibility index (Phi) is 9.72. The fourth-order valence-corrected chi connectivity index (χ4v) is 3.60. The van der Waals surface area contributed by atoms with Crippen LogP contribution < -0.4 is 15.5 Å². The van der Waals surface area contributed by atoms with Crippen LogP contribution in [0.2, 0.25) is 10.0 Å². The van der Waals surface area contributed by atoms with E-state index in [1.165, 1.54) is 18.3 Å². The van der Waals surface area contributed by atoms with Crippen LogP contribution in [0.25, 0.3) is 0 Å². The van der Waals surface area contributed by atoms with Gasteiger partial charge in [0.05, 0.1) is 16.3 Å². The number of hydrogen-bond donors (Lipinski definition) is 2. The predicted molar refractivity (Wildman–Crippen MR) is 143 cm³/mol. The molecule has 3 rings (SSSR count). The van der Waals surface area contributed by atoms with E-state index >= 15 is 0 Å². The molecule has 0 heterocycles. The van der Waals surface area contributed by atoms with E-state index < -0.39 is 17.9 Å². The minimum absolute atomic E-state index is 0.168. The van der Waals surface area contributed by atoms with Crippen molar-refractivity contribution in [2.75, 3.05) is 0 Å². The zero-order chi connectivity index (χ0) is 25.4. The first-order valence-corrected chi connectivity index (χ1v) is 12.3. The van der Waals surface area contributed by atoms with Crippen molar-refractivity contribution >= 4 is 57.2 Å². The van der Waals surface area contributed by atoms with Gasteiger partial charge in [-0.3, -0.25) is 9.59 Å². The smallest absolute Gasteiger partial charge is 0.262 e. The molecule has 0 spiro atoms. The van der Waals surface area contributed by atoms with E-state index in [2.05, 4.69) is 31.8 Å². The molecule has 182 valence electrons. The summed E-state index contributed by atoms with van der Waals surface area (Å²) >= 11 is 15.3. The molecule has 0 aliphatic carbocycles. The topological polar surface area (TPSA) is 79.8 Å². The van der Waals surface area contributed by atoms with E-state index in [9.17, 15) is 9.59 Å². The molecule has 0 aromatic heterocycles. The summed E-state index contributed by atoms with van der Waals surface area (Å²) in [6.07, 6.45) is 1.52. The Morgan fingerprint density at radius 2 is 1.69 bits per heavy atom. The zero-order valence-corrected chi connectivity index (χ0v) is 22.2. The number of ether oxygens (including phenoxy) is 1. The second-order valence-corrected chi connectivity index (χ2v) is 9.77. The average molecular weight is 577 g/mol. The van der Waals surface area contributed by atoms with Gasteiger partial charge in [-0.1, -0.05) is 65.1 Å². The summed E-state index contributed by atoms with van der Waals surface area (Å²) in [5.74, 6) is -0.308. The number of carbonyl (C=O) groups is 2. The molecule has 3 aromatic carbocycles. The first-order chi connectivity index (χ1) is 16.7. The van der Waals surface area contributed by atoms with Crippen molar-refractivity contribution in [1.29, 1.82) is 0 Å². The summed E-state index contributed by atoms with van der Waals surface area (Å²) in [5.41, 5.74) is 4.64. The predicted octanol–water partition coefficient (Wildman–Crippen LogP) is 6.24. The van der Waals surface area contributed by atoms with E-state index in [4.69, 9.17) is 27.9 Å². The summed E-state index contributed by atoms with van der Waals surface area (Å²) < 4.78 is 6.81. The molecule has 0 fully saturated rings. The van der Waals surface area contributed by atoms with Crippen LogP contribution in [-0.4, -0.2) is 24.1 Å². The van der Waals surface area contributed by atoms with Gasteiger partial charge >= 0.3 is 0 Å². The van der Waals surface area contributed by atoms with Crippen LogP contribution in [0, 0.1) is 5.92 Å². The number of halogens is 3. The summed E-state index contributed by atoms with van der Waals surface area (Å²) in [5, 5.41) is 7.35. The van der Waals surface area contributed by atoms with Gasteiger partial charge in [0, 0.05) is 10.0 Å². The van der Waals surface area contributed by atoms with E-state index in [0.29, 0.717) is 17.2 Å². The lowest BCUT2D eigenvalue weighted by Crippen LogP contribution is -2.48. The highest BCUT2D eigenvalue weighted by atomic mass is 79.9. The van der Waals surface area contributed by atoms with E-state index in [1.54, 1.807) is 6.07 Å². The average Bonchev–Trinajstić information content (AvgIpc) is 2.84. The molecule has 0 saturated heterocycles. The second-order valence-electron chi connectivity index (χ2n) is 8.04. The van der Waals surface area contributed by atoms with Crippen LogP contribution in [0.3, 0.4) is 0 Å². The Hall–Kier alpha value is -2.87. The van der Waals surface area contributed by atoms with Crippen molar-refractivity contribution in [2.45, 2.75) is 26.5 Å². The Balaban J connectivity index is 1.53. The van der Waals surface area contributed by atoms with Crippen molar-refractivity contribution in [3.63, 3.8) is 0 Å². The zero-order valence-electron chi connectivity index (χ0n) is 19.1. The first-order valence-electron chi connectivity index (χ1n) is 10.8. The van der Waals surface area contributed by atoms with Gasteiger partial charge in [-0.05, 0) is 71.6 Å². The first kappa shape index (κ1) is 26.7. The molecule has 0 aliphatic rings. The van der Waals surface area contributed by atoms with Gasteiger partial charge in [0.25, 0.3) is 11.8 Å². The molecule has 35 heavy (non-hydrogen) atoms. The third kappa shape index (κ3) is 8.09. The number of amides is 2. The third-order valence-corrected chi connectivity index (χ3v) is 6.27. The molecule has 0 aliphatic heterocycles. The molecule has 0 radical (unpaired) electrons. The molecule has 0 saturated carbocycles. The number of hydrogen-bond acceptors (Lipinski definition) is 4. The minimum Gasteiger partial charge on any atom is -0.489 e. The molecule has 6 nitrogen and oxygen atoms in total. The maximum atomic E-state index is 12.6. The van der Waals surface area contributed by atoms with E-state index in [-0.39, 0.29) is 10.9 Å². The highest BCUT2D eigenvalue weighted by Crippen LogP contribution is 2.22. The van der Waals surface area contributed by atoms with Crippen molar-refractivity contribution in [2.24, 2.45) is 11.0 Å². The fraction of sp³-hybridized carbons (Fsp3) is 0.192. The summed E-state index contributed by atoms with van der Waals surface area (Å²) in [6, 6.07) is 19.0. The van der Waals surface area contributed by atoms with Gasteiger partial charge in [-0.2, -0.15) is 5.10 Å². The number of rotatable bonds is 9. The van der Waals surface area contributed by atoms with E-state index in [1.807, 2.05) is 62.4 Å². The minimum atomic E-state index is -0.788. The van der Waals surface area contributed by atoms with Gasteiger partial charge < -0.3 is 10.1 Å². The Bertz CT molecular complexity index is 1200. The summed E-state index contributed by atoms with van der Waals surface area (Å²) in [6.45, 7) is 4.12. The van der Waals surface area contributed by atoms with Gasteiger partial charge in [-0.15, -0.1) is 0 Å². The quantitative estimate of drug-likeness (QED) is 0.234. The number of benzene rings is 3. The lowest BCUT2D eigenvalue weighted by molar-refractivity contribution is -0.123. The number of hydrazone groups is 1. The Labute approximate surface area is 222 Å². The Morgan fingerprint density at radius 1 is 1.00 bits per heavy atom. The van der Waals surface area contributed by atoms with Gasteiger partial charge in [0.1, 0.15) is 18.4 Å². The molecule has 9 heteroatoms. The fourth-order valence-electron chi connectivity index (χ4n) is 3.03. The molecule has 3 aromatic rings. The van der Waals surface area contributed by atoms with Crippen LogP contribution in [0.1, 0.15) is 35.3 Å². The van der Waals surface area contributed by atoms with Crippen molar-refractivity contribution in [3.05, 3.63) is 97.9 Å².